The number of rotatable bonds is 7. The van der Waals surface area contributed by atoms with Crippen molar-refractivity contribution in [3.63, 3.8) is 0 Å². The lowest BCUT2D eigenvalue weighted by Gasteiger charge is -2.21. The summed E-state index contributed by atoms with van der Waals surface area (Å²) in [6.07, 6.45) is 0. The fraction of sp³-hybridized carbons (Fsp3) is 0.333. The highest BCUT2D eigenvalue weighted by Gasteiger charge is 2.15. The fourth-order valence-corrected chi connectivity index (χ4v) is 3.84. The molecule has 0 saturated carbocycles. The van der Waals surface area contributed by atoms with Crippen LogP contribution >= 0.6 is 8.58 Å². The van der Waals surface area contributed by atoms with Crippen molar-refractivity contribution in [2.45, 2.75) is 6.92 Å². The summed E-state index contributed by atoms with van der Waals surface area (Å²) in [5.41, 5.74) is 2.50. The molecule has 5 heteroatoms. The molecule has 0 bridgehead atoms. The molecule has 0 saturated heterocycles. The summed E-state index contributed by atoms with van der Waals surface area (Å²) in [4.78, 5) is 2.14. The van der Waals surface area contributed by atoms with Crippen molar-refractivity contribution < 1.29 is 14.2 Å². The van der Waals surface area contributed by atoms with Gasteiger partial charge in [0.25, 0.3) is 0 Å². The van der Waals surface area contributed by atoms with Crippen LogP contribution in [-0.4, -0.2) is 35.1 Å². The molecule has 1 unspecified atom stereocenters. The third-order valence-corrected chi connectivity index (χ3v) is 5.08. The van der Waals surface area contributed by atoms with Gasteiger partial charge in [-0.2, -0.15) is 0 Å². The van der Waals surface area contributed by atoms with E-state index in [1.54, 1.807) is 14.2 Å². The number of hydrogen-bond acceptors (Lipinski definition) is 4. The van der Waals surface area contributed by atoms with E-state index in [0.717, 1.165) is 16.8 Å². The van der Waals surface area contributed by atoms with E-state index in [-0.39, 0.29) is 6.79 Å². The second-order valence-corrected chi connectivity index (χ2v) is 6.66. The minimum atomic E-state index is 0.201. The van der Waals surface area contributed by atoms with Crippen molar-refractivity contribution in [2.24, 2.45) is 0 Å². The van der Waals surface area contributed by atoms with Crippen LogP contribution in [0.15, 0.2) is 36.4 Å². The van der Waals surface area contributed by atoms with Crippen molar-refractivity contribution in [3.05, 3.63) is 42.0 Å². The Morgan fingerprint density at radius 2 is 1.78 bits per heavy atom. The minimum absolute atomic E-state index is 0.201. The van der Waals surface area contributed by atoms with Crippen LogP contribution in [0.25, 0.3) is 0 Å². The first-order valence-electron chi connectivity index (χ1n) is 7.41. The van der Waals surface area contributed by atoms with E-state index in [1.807, 2.05) is 12.1 Å². The van der Waals surface area contributed by atoms with E-state index >= 15 is 0 Å². The first kappa shape index (κ1) is 17.6. The van der Waals surface area contributed by atoms with Gasteiger partial charge in [-0.1, -0.05) is 32.8 Å². The molecule has 2 aromatic carbocycles. The lowest BCUT2D eigenvalue weighted by Crippen LogP contribution is -2.20. The summed E-state index contributed by atoms with van der Waals surface area (Å²) in [7, 11) is 7.87. The molecule has 0 heterocycles. The SMILES string of the molecule is COCOc1c(OC)cccc1Pc1c(C)cccc1N(C)C. The molecule has 0 spiro atoms. The number of benzene rings is 2. The Morgan fingerprint density at radius 3 is 2.43 bits per heavy atom. The lowest BCUT2D eigenvalue weighted by molar-refractivity contribution is 0.0500. The van der Waals surface area contributed by atoms with Gasteiger partial charge in [-0.05, 0) is 24.6 Å². The van der Waals surface area contributed by atoms with Crippen molar-refractivity contribution in [1.29, 1.82) is 0 Å². The molecular weight excluding hydrogens is 309 g/mol. The van der Waals surface area contributed by atoms with Crippen LogP contribution in [0.3, 0.4) is 0 Å². The predicted octanol–water partition coefficient (Wildman–Crippen LogP) is 2.68. The third-order valence-electron chi connectivity index (χ3n) is 3.51. The van der Waals surface area contributed by atoms with Crippen molar-refractivity contribution >= 4 is 24.9 Å². The maximum Gasteiger partial charge on any atom is 0.188 e. The maximum absolute atomic E-state index is 5.77. The van der Waals surface area contributed by atoms with E-state index in [9.17, 15) is 0 Å². The highest BCUT2D eigenvalue weighted by molar-refractivity contribution is 7.56. The topological polar surface area (TPSA) is 30.9 Å². The van der Waals surface area contributed by atoms with E-state index in [1.165, 1.54) is 16.6 Å². The van der Waals surface area contributed by atoms with E-state index < -0.39 is 0 Å². The molecule has 2 rings (SSSR count). The van der Waals surface area contributed by atoms with Gasteiger partial charge < -0.3 is 19.1 Å². The standard InChI is InChI=1S/C18H24NO3P/c1-13-8-6-9-14(19(2)3)18(13)23-16-11-7-10-15(21-5)17(16)22-12-20-4/h6-11,23H,12H2,1-5H3. The highest BCUT2D eigenvalue weighted by Crippen LogP contribution is 2.32. The zero-order valence-corrected chi connectivity index (χ0v) is 15.3. The summed E-state index contributed by atoms with van der Waals surface area (Å²) < 4.78 is 16.3. The van der Waals surface area contributed by atoms with Crippen LogP contribution in [0, 0.1) is 6.92 Å². The number of ether oxygens (including phenoxy) is 3. The minimum Gasteiger partial charge on any atom is -0.493 e. The Labute approximate surface area is 140 Å². The summed E-state index contributed by atoms with van der Waals surface area (Å²) >= 11 is 0. The Hall–Kier alpha value is -1.77. The smallest absolute Gasteiger partial charge is 0.188 e. The zero-order valence-electron chi connectivity index (χ0n) is 14.3. The molecule has 0 fully saturated rings. The average Bonchev–Trinajstić information content (AvgIpc) is 2.54. The van der Waals surface area contributed by atoms with Gasteiger partial charge in [-0.3, -0.25) is 0 Å². The number of methoxy groups -OCH3 is 2. The Balaban J connectivity index is 2.44. The van der Waals surface area contributed by atoms with Crippen molar-refractivity contribution in [2.75, 3.05) is 40.0 Å². The first-order valence-corrected chi connectivity index (χ1v) is 8.41. The van der Waals surface area contributed by atoms with Crippen molar-refractivity contribution in [3.8, 4) is 11.5 Å². The predicted molar refractivity (Wildman–Crippen MR) is 98.6 cm³/mol. The third kappa shape index (κ3) is 4.15. The molecule has 124 valence electrons. The number of para-hydroxylation sites is 1. The van der Waals surface area contributed by atoms with Crippen LogP contribution in [0.2, 0.25) is 0 Å². The molecular formula is C18H24NO3P. The van der Waals surface area contributed by atoms with Gasteiger partial charge in [0, 0.05) is 37.5 Å². The number of hydrogen-bond donors (Lipinski definition) is 0. The van der Waals surface area contributed by atoms with Gasteiger partial charge >= 0.3 is 0 Å². The summed E-state index contributed by atoms with van der Waals surface area (Å²) in [5, 5.41) is 2.42. The molecule has 23 heavy (non-hydrogen) atoms. The molecule has 0 N–H and O–H groups in total. The first-order chi connectivity index (χ1) is 11.1. The molecule has 4 nitrogen and oxygen atoms in total. The molecule has 1 atom stereocenters. The maximum atomic E-state index is 5.77. The van der Waals surface area contributed by atoms with Gasteiger partial charge in [-0.25, -0.2) is 0 Å². The van der Waals surface area contributed by atoms with Gasteiger partial charge in [-0.15, -0.1) is 0 Å². The molecule has 0 aliphatic carbocycles. The van der Waals surface area contributed by atoms with Gasteiger partial charge in [0.05, 0.1) is 7.11 Å². The number of anilines is 1. The summed E-state index contributed by atoms with van der Waals surface area (Å²) in [6, 6.07) is 12.4. The Bertz CT molecular complexity index is 659. The quantitative estimate of drug-likeness (QED) is 0.576. The van der Waals surface area contributed by atoms with Crippen LogP contribution < -0.4 is 25.0 Å². The number of aryl methyl sites for hydroxylation is 1. The summed E-state index contributed by atoms with van der Waals surface area (Å²) in [6.45, 7) is 2.34. The van der Waals surface area contributed by atoms with Crippen LogP contribution in [0.5, 0.6) is 11.5 Å². The molecule has 2 aromatic rings. The average molecular weight is 333 g/mol. The Kier molecular flexibility index (Phi) is 6.26. The van der Waals surface area contributed by atoms with Gasteiger partial charge in [0.1, 0.15) is 0 Å². The molecule has 0 radical (unpaired) electrons. The fourth-order valence-electron chi connectivity index (χ4n) is 2.36. The highest BCUT2D eigenvalue weighted by atomic mass is 31.1. The van der Waals surface area contributed by atoms with Crippen LogP contribution in [-0.2, 0) is 4.74 Å². The van der Waals surface area contributed by atoms with Gasteiger partial charge in [0.15, 0.2) is 18.3 Å². The zero-order chi connectivity index (χ0) is 16.8. The van der Waals surface area contributed by atoms with Crippen LogP contribution in [0.1, 0.15) is 5.56 Å². The van der Waals surface area contributed by atoms with Gasteiger partial charge in [0.2, 0.25) is 0 Å². The summed E-state index contributed by atoms with van der Waals surface area (Å²) in [5.74, 6) is 1.48. The molecule has 0 aliphatic heterocycles. The number of nitrogens with zero attached hydrogens (tertiary/aromatic N) is 1. The Morgan fingerprint density at radius 1 is 1.04 bits per heavy atom. The molecule has 0 amide bonds. The van der Waals surface area contributed by atoms with Crippen molar-refractivity contribution in [1.82, 2.24) is 0 Å². The van der Waals surface area contributed by atoms with E-state index in [2.05, 4.69) is 50.2 Å². The second kappa shape index (κ2) is 8.19. The molecule has 0 aliphatic rings. The second-order valence-electron chi connectivity index (χ2n) is 5.38. The van der Waals surface area contributed by atoms with E-state index in [0.29, 0.717) is 8.58 Å². The van der Waals surface area contributed by atoms with E-state index in [4.69, 9.17) is 14.2 Å². The monoisotopic (exact) mass is 333 g/mol. The molecule has 0 aromatic heterocycles. The van der Waals surface area contributed by atoms with Crippen LogP contribution in [0.4, 0.5) is 5.69 Å². The normalized spacial score (nSPS) is 11.0. The lowest BCUT2D eigenvalue weighted by atomic mass is 10.2. The largest absolute Gasteiger partial charge is 0.493 e.